The van der Waals surface area contributed by atoms with E-state index in [4.69, 9.17) is 9.47 Å². The molecule has 0 aliphatic carbocycles. The molecule has 0 N–H and O–H groups in total. The zero-order valence-corrected chi connectivity index (χ0v) is 6.04. The quantitative estimate of drug-likeness (QED) is 0.645. The predicted octanol–water partition coefficient (Wildman–Crippen LogP) is 2.05. The average molecular weight is 172 g/mol. The smallest absolute Gasteiger partial charge is 0.311 e. The summed E-state index contributed by atoms with van der Waals surface area (Å²) >= 11 is 0. The maximum atomic E-state index is 12.1. The van der Waals surface area contributed by atoms with E-state index >= 15 is 0 Å². The number of rotatable bonds is 1. The van der Waals surface area contributed by atoms with Gasteiger partial charge >= 0.3 is 12.7 Å². The van der Waals surface area contributed by atoms with Gasteiger partial charge in [0.1, 0.15) is 0 Å². The number of halogens is 2. The SMILES string of the molecule is FC(F)C1Oc2ccccc2O1. The van der Waals surface area contributed by atoms with Gasteiger partial charge in [-0.3, -0.25) is 0 Å². The van der Waals surface area contributed by atoms with E-state index in [-0.39, 0.29) is 0 Å². The normalized spacial score (nSPS) is 15.6. The van der Waals surface area contributed by atoms with Crippen LogP contribution in [0.25, 0.3) is 0 Å². The zero-order chi connectivity index (χ0) is 8.55. The highest BCUT2D eigenvalue weighted by Crippen LogP contribution is 2.35. The van der Waals surface area contributed by atoms with Gasteiger partial charge in [0, 0.05) is 0 Å². The number of fused-ring (bicyclic) bond motifs is 1. The molecule has 0 saturated heterocycles. The van der Waals surface area contributed by atoms with Crippen molar-refractivity contribution in [3.05, 3.63) is 24.3 Å². The van der Waals surface area contributed by atoms with Crippen molar-refractivity contribution in [3.63, 3.8) is 0 Å². The lowest BCUT2D eigenvalue weighted by Crippen LogP contribution is -2.26. The predicted molar refractivity (Wildman–Crippen MR) is 37.5 cm³/mol. The third-order valence-corrected chi connectivity index (χ3v) is 1.54. The molecule has 0 unspecified atom stereocenters. The third-order valence-electron chi connectivity index (χ3n) is 1.54. The lowest BCUT2D eigenvalue weighted by atomic mass is 10.3. The van der Waals surface area contributed by atoms with E-state index in [2.05, 4.69) is 0 Å². The summed E-state index contributed by atoms with van der Waals surface area (Å²) in [4.78, 5) is 0. The van der Waals surface area contributed by atoms with Gasteiger partial charge in [0.05, 0.1) is 0 Å². The van der Waals surface area contributed by atoms with Crippen LogP contribution in [0.2, 0.25) is 0 Å². The molecule has 0 amide bonds. The molecular formula is C8H6F2O2. The molecule has 64 valence electrons. The Balaban J connectivity index is 2.22. The molecule has 1 aromatic carbocycles. The Bertz CT molecular complexity index is 263. The Morgan fingerprint density at radius 1 is 1.08 bits per heavy atom. The summed E-state index contributed by atoms with van der Waals surface area (Å²) in [7, 11) is 0. The molecule has 0 atom stereocenters. The van der Waals surface area contributed by atoms with Crippen molar-refractivity contribution < 1.29 is 18.3 Å². The minimum absolute atomic E-state index is 0.378. The highest BCUT2D eigenvalue weighted by Gasteiger charge is 2.31. The van der Waals surface area contributed by atoms with Crippen LogP contribution in [0, 0.1) is 0 Å². The second-order valence-corrected chi connectivity index (χ2v) is 2.39. The van der Waals surface area contributed by atoms with Crippen LogP contribution in [-0.4, -0.2) is 12.7 Å². The van der Waals surface area contributed by atoms with Crippen LogP contribution in [0.5, 0.6) is 11.5 Å². The molecule has 0 radical (unpaired) electrons. The lowest BCUT2D eigenvalue weighted by Gasteiger charge is -2.07. The molecule has 1 heterocycles. The fraction of sp³-hybridized carbons (Fsp3) is 0.250. The molecule has 2 rings (SSSR count). The van der Waals surface area contributed by atoms with Crippen molar-refractivity contribution in [1.29, 1.82) is 0 Å². The number of hydrogen-bond donors (Lipinski definition) is 0. The summed E-state index contributed by atoms with van der Waals surface area (Å²) in [6.07, 6.45) is -4.06. The maximum absolute atomic E-state index is 12.1. The van der Waals surface area contributed by atoms with Gasteiger partial charge in [0.25, 0.3) is 0 Å². The van der Waals surface area contributed by atoms with Crippen LogP contribution in [0.1, 0.15) is 0 Å². The minimum atomic E-state index is -2.61. The molecule has 1 aromatic rings. The molecule has 1 aliphatic rings. The summed E-state index contributed by atoms with van der Waals surface area (Å²) in [5, 5.41) is 0. The highest BCUT2D eigenvalue weighted by atomic mass is 19.3. The number of alkyl halides is 2. The highest BCUT2D eigenvalue weighted by molar-refractivity contribution is 5.41. The van der Waals surface area contributed by atoms with Crippen LogP contribution in [0.4, 0.5) is 8.78 Å². The third kappa shape index (κ3) is 1.09. The topological polar surface area (TPSA) is 18.5 Å². The Kier molecular flexibility index (Phi) is 1.60. The van der Waals surface area contributed by atoms with E-state index in [1.54, 1.807) is 24.3 Å². The number of para-hydroxylation sites is 2. The first-order valence-corrected chi connectivity index (χ1v) is 3.48. The van der Waals surface area contributed by atoms with Crippen molar-refractivity contribution in [2.75, 3.05) is 0 Å². The van der Waals surface area contributed by atoms with Crippen molar-refractivity contribution in [2.24, 2.45) is 0 Å². The molecule has 2 nitrogen and oxygen atoms in total. The van der Waals surface area contributed by atoms with Gasteiger partial charge in [0.2, 0.25) is 0 Å². The van der Waals surface area contributed by atoms with Gasteiger partial charge < -0.3 is 9.47 Å². The summed E-state index contributed by atoms with van der Waals surface area (Å²) < 4.78 is 33.7. The minimum Gasteiger partial charge on any atom is -0.445 e. The van der Waals surface area contributed by atoms with Crippen molar-refractivity contribution in [3.8, 4) is 11.5 Å². The fourth-order valence-corrected chi connectivity index (χ4v) is 1.02. The summed E-state index contributed by atoms with van der Waals surface area (Å²) in [6.45, 7) is 0. The van der Waals surface area contributed by atoms with Crippen molar-refractivity contribution in [2.45, 2.75) is 12.7 Å². The van der Waals surface area contributed by atoms with Crippen LogP contribution in [0.15, 0.2) is 24.3 Å². The maximum Gasteiger partial charge on any atom is 0.311 e. The van der Waals surface area contributed by atoms with Gasteiger partial charge in [-0.1, -0.05) is 12.1 Å². The van der Waals surface area contributed by atoms with E-state index in [1.807, 2.05) is 0 Å². The van der Waals surface area contributed by atoms with Gasteiger partial charge in [0.15, 0.2) is 11.5 Å². The first kappa shape index (κ1) is 7.34. The lowest BCUT2D eigenvalue weighted by molar-refractivity contribution is -0.0782. The standard InChI is InChI=1S/C8H6F2O2/c9-7(10)8-11-5-3-1-2-4-6(5)12-8/h1-4,7-8H. The summed E-state index contributed by atoms with van der Waals surface area (Å²) in [5.74, 6) is 0.755. The van der Waals surface area contributed by atoms with E-state index in [0.29, 0.717) is 11.5 Å². The van der Waals surface area contributed by atoms with Crippen LogP contribution < -0.4 is 9.47 Å². The van der Waals surface area contributed by atoms with Gasteiger partial charge in [-0.2, -0.15) is 0 Å². The molecule has 0 bridgehead atoms. The van der Waals surface area contributed by atoms with Gasteiger partial charge in [-0.25, -0.2) is 8.78 Å². The van der Waals surface area contributed by atoms with E-state index < -0.39 is 12.7 Å². The number of ether oxygens (including phenoxy) is 2. The zero-order valence-electron chi connectivity index (χ0n) is 6.04. The van der Waals surface area contributed by atoms with Crippen molar-refractivity contribution in [1.82, 2.24) is 0 Å². The summed E-state index contributed by atoms with van der Waals surface area (Å²) in [6, 6.07) is 6.60. The number of benzene rings is 1. The Labute approximate surface area is 67.7 Å². The fourth-order valence-electron chi connectivity index (χ4n) is 1.02. The van der Waals surface area contributed by atoms with E-state index in [0.717, 1.165) is 0 Å². The second-order valence-electron chi connectivity index (χ2n) is 2.39. The largest absolute Gasteiger partial charge is 0.445 e. The first-order chi connectivity index (χ1) is 5.77. The van der Waals surface area contributed by atoms with Crippen LogP contribution in [0.3, 0.4) is 0 Å². The number of hydrogen-bond acceptors (Lipinski definition) is 2. The monoisotopic (exact) mass is 172 g/mol. The Hall–Kier alpha value is -1.32. The molecule has 12 heavy (non-hydrogen) atoms. The molecule has 1 aliphatic heterocycles. The van der Waals surface area contributed by atoms with E-state index in [1.165, 1.54) is 0 Å². The second kappa shape index (κ2) is 2.62. The molecule has 4 heteroatoms. The van der Waals surface area contributed by atoms with Crippen molar-refractivity contribution >= 4 is 0 Å². The first-order valence-electron chi connectivity index (χ1n) is 3.48. The molecule has 0 spiro atoms. The molecule has 0 fully saturated rings. The van der Waals surface area contributed by atoms with Gasteiger partial charge in [-0.15, -0.1) is 0 Å². The average Bonchev–Trinajstić information content (AvgIpc) is 2.46. The Morgan fingerprint density at radius 3 is 2.00 bits per heavy atom. The summed E-state index contributed by atoms with van der Waals surface area (Å²) in [5.41, 5.74) is 0. The Morgan fingerprint density at radius 2 is 1.58 bits per heavy atom. The molecular weight excluding hydrogens is 166 g/mol. The van der Waals surface area contributed by atoms with Gasteiger partial charge in [-0.05, 0) is 12.1 Å². The van der Waals surface area contributed by atoms with Crippen LogP contribution >= 0.6 is 0 Å². The van der Waals surface area contributed by atoms with E-state index in [9.17, 15) is 8.78 Å². The molecule has 0 saturated carbocycles. The van der Waals surface area contributed by atoms with Crippen LogP contribution in [-0.2, 0) is 0 Å². The molecule has 0 aromatic heterocycles.